The molecule has 1 saturated carbocycles. The average molecular weight is 257 g/mol. The predicted octanol–water partition coefficient (Wildman–Crippen LogP) is 2.28. The Morgan fingerprint density at radius 3 is 2.84 bits per heavy atom. The molecule has 0 amide bonds. The van der Waals surface area contributed by atoms with Gasteiger partial charge in [-0.2, -0.15) is 4.98 Å². The van der Waals surface area contributed by atoms with E-state index in [1.807, 2.05) is 18.2 Å². The molecule has 19 heavy (non-hydrogen) atoms. The molecule has 0 radical (unpaired) electrons. The minimum absolute atomic E-state index is 0.239. The fraction of sp³-hybridized carbons (Fsp3) is 0.429. The van der Waals surface area contributed by atoms with Gasteiger partial charge in [0.1, 0.15) is 5.78 Å². The van der Waals surface area contributed by atoms with Crippen LogP contribution < -0.4 is 0 Å². The van der Waals surface area contributed by atoms with Crippen molar-refractivity contribution in [3.63, 3.8) is 0 Å². The van der Waals surface area contributed by atoms with E-state index in [9.17, 15) is 4.79 Å². The first-order valence-corrected chi connectivity index (χ1v) is 6.55. The first-order valence-electron chi connectivity index (χ1n) is 6.55. The molecule has 0 N–H and O–H groups in total. The zero-order chi connectivity index (χ0) is 13.1. The van der Waals surface area contributed by atoms with Gasteiger partial charge in [0.05, 0.1) is 6.42 Å². The van der Waals surface area contributed by atoms with Gasteiger partial charge in [0.15, 0.2) is 5.82 Å². The Bertz CT molecular complexity index is 555. The second-order valence-corrected chi connectivity index (χ2v) is 4.86. The molecule has 1 aliphatic carbocycles. The smallest absolute Gasteiger partial charge is 0.229 e. The Hall–Kier alpha value is -2.04. The van der Waals surface area contributed by atoms with E-state index in [1.54, 1.807) is 6.20 Å². The molecule has 0 unspecified atom stereocenters. The number of nitrogens with zero attached hydrogens (tertiary/aromatic N) is 3. The summed E-state index contributed by atoms with van der Waals surface area (Å²) in [5.74, 6) is 1.90. The van der Waals surface area contributed by atoms with E-state index in [2.05, 4.69) is 15.1 Å². The molecule has 0 spiro atoms. The third-order valence-corrected chi connectivity index (χ3v) is 3.44. The Morgan fingerprint density at radius 1 is 1.26 bits per heavy atom. The Balaban J connectivity index is 1.68. The molecule has 5 nitrogen and oxygen atoms in total. The van der Waals surface area contributed by atoms with Gasteiger partial charge in [0.2, 0.25) is 5.89 Å². The van der Waals surface area contributed by atoms with Crippen molar-refractivity contribution in [2.45, 2.75) is 38.0 Å². The quantitative estimate of drug-likeness (QED) is 0.843. The summed E-state index contributed by atoms with van der Waals surface area (Å²) in [6, 6.07) is 5.76. The number of carbonyl (C=O) groups excluding carboxylic acids is 1. The lowest BCUT2D eigenvalue weighted by Gasteiger charge is -2.16. The molecule has 1 aliphatic rings. The fourth-order valence-electron chi connectivity index (χ4n) is 2.36. The van der Waals surface area contributed by atoms with Crippen LogP contribution in [0.3, 0.4) is 0 Å². The third kappa shape index (κ3) is 2.86. The van der Waals surface area contributed by atoms with Gasteiger partial charge in [-0.1, -0.05) is 11.2 Å². The van der Waals surface area contributed by atoms with Crippen LogP contribution in [-0.4, -0.2) is 20.9 Å². The number of rotatable bonds is 3. The van der Waals surface area contributed by atoms with Gasteiger partial charge in [-0.15, -0.1) is 0 Å². The summed E-state index contributed by atoms with van der Waals surface area (Å²) in [4.78, 5) is 19.9. The first-order chi connectivity index (χ1) is 9.31. The highest BCUT2D eigenvalue weighted by molar-refractivity contribution is 5.79. The highest BCUT2D eigenvalue weighted by Gasteiger charge is 2.24. The molecule has 0 aromatic carbocycles. The van der Waals surface area contributed by atoms with E-state index in [0.29, 0.717) is 36.8 Å². The van der Waals surface area contributed by atoms with Crippen LogP contribution in [0.2, 0.25) is 0 Å². The first kappa shape index (κ1) is 12.0. The molecular weight excluding hydrogens is 242 g/mol. The van der Waals surface area contributed by atoms with Crippen LogP contribution in [0, 0.1) is 0 Å². The van der Waals surface area contributed by atoms with Gasteiger partial charge in [-0.3, -0.25) is 9.78 Å². The van der Waals surface area contributed by atoms with Crippen molar-refractivity contribution in [2.24, 2.45) is 0 Å². The molecule has 2 aromatic rings. The Morgan fingerprint density at radius 2 is 2.11 bits per heavy atom. The van der Waals surface area contributed by atoms with Crippen molar-refractivity contribution < 1.29 is 9.32 Å². The number of ketones is 1. The van der Waals surface area contributed by atoms with Crippen LogP contribution in [0.15, 0.2) is 28.9 Å². The van der Waals surface area contributed by atoms with Crippen LogP contribution in [0.1, 0.15) is 49.0 Å². The van der Waals surface area contributed by atoms with Gasteiger partial charge >= 0.3 is 0 Å². The Kier molecular flexibility index (Phi) is 3.35. The summed E-state index contributed by atoms with van der Waals surface area (Å²) in [7, 11) is 0. The van der Waals surface area contributed by atoms with Crippen molar-refractivity contribution in [1.29, 1.82) is 0 Å². The lowest BCUT2D eigenvalue weighted by atomic mass is 9.88. The van der Waals surface area contributed by atoms with Crippen LogP contribution in [0.25, 0.3) is 0 Å². The van der Waals surface area contributed by atoms with Crippen molar-refractivity contribution in [2.75, 3.05) is 0 Å². The maximum Gasteiger partial charge on any atom is 0.229 e. The van der Waals surface area contributed by atoms with E-state index in [1.165, 1.54) is 0 Å². The summed E-state index contributed by atoms with van der Waals surface area (Å²) >= 11 is 0. The minimum Gasteiger partial charge on any atom is -0.339 e. The normalized spacial score (nSPS) is 16.7. The van der Waals surface area contributed by atoms with Crippen LogP contribution in [-0.2, 0) is 11.2 Å². The van der Waals surface area contributed by atoms with E-state index in [4.69, 9.17) is 4.52 Å². The third-order valence-electron chi connectivity index (χ3n) is 3.44. The SMILES string of the molecule is O=C1CCC(c2nc(Cc3ccccn3)no2)CC1. The van der Waals surface area contributed by atoms with Crippen molar-refractivity contribution in [1.82, 2.24) is 15.1 Å². The van der Waals surface area contributed by atoms with Gasteiger partial charge in [-0.05, 0) is 25.0 Å². The molecule has 0 aliphatic heterocycles. The number of aromatic nitrogens is 3. The van der Waals surface area contributed by atoms with Gasteiger partial charge < -0.3 is 4.52 Å². The van der Waals surface area contributed by atoms with Crippen LogP contribution in [0.5, 0.6) is 0 Å². The van der Waals surface area contributed by atoms with Gasteiger partial charge in [-0.25, -0.2) is 0 Å². The lowest BCUT2D eigenvalue weighted by Crippen LogP contribution is -2.12. The summed E-state index contributed by atoms with van der Waals surface area (Å²) in [5.41, 5.74) is 0.925. The lowest BCUT2D eigenvalue weighted by molar-refractivity contribution is -0.120. The minimum atomic E-state index is 0.239. The molecule has 0 saturated heterocycles. The molecule has 2 aromatic heterocycles. The molecular formula is C14H15N3O2. The topological polar surface area (TPSA) is 68.9 Å². The van der Waals surface area contributed by atoms with Crippen LogP contribution in [0.4, 0.5) is 0 Å². The highest BCUT2D eigenvalue weighted by atomic mass is 16.5. The Labute approximate surface area is 111 Å². The van der Waals surface area contributed by atoms with E-state index in [-0.39, 0.29) is 5.92 Å². The maximum atomic E-state index is 11.2. The van der Waals surface area contributed by atoms with E-state index >= 15 is 0 Å². The summed E-state index contributed by atoms with van der Waals surface area (Å²) < 4.78 is 5.31. The number of hydrogen-bond donors (Lipinski definition) is 0. The highest BCUT2D eigenvalue weighted by Crippen LogP contribution is 2.30. The molecule has 1 fully saturated rings. The molecule has 0 bridgehead atoms. The van der Waals surface area contributed by atoms with Crippen molar-refractivity contribution in [3.05, 3.63) is 41.8 Å². The van der Waals surface area contributed by atoms with Crippen molar-refractivity contribution >= 4 is 5.78 Å². The predicted molar refractivity (Wildman–Crippen MR) is 67.6 cm³/mol. The summed E-state index contributed by atoms with van der Waals surface area (Å²) in [5, 5.41) is 3.99. The zero-order valence-electron chi connectivity index (χ0n) is 10.6. The number of Topliss-reactive ketones (excluding diaryl/α,β-unsaturated/α-hetero) is 1. The molecule has 5 heteroatoms. The average Bonchev–Trinajstić information content (AvgIpc) is 2.89. The van der Waals surface area contributed by atoms with E-state index < -0.39 is 0 Å². The largest absolute Gasteiger partial charge is 0.339 e. The molecule has 3 rings (SSSR count). The monoisotopic (exact) mass is 257 g/mol. The standard InChI is InChI=1S/C14H15N3O2/c18-12-6-4-10(5-7-12)14-16-13(17-19-14)9-11-3-1-2-8-15-11/h1-3,8,10H,4-7,9H2. The van der Waals surface area contributed by atoms with Crippen LogP contribution >= 0.6 is 0 Å². The number of hydrogen-bond acceptors (Lipinski definition) is 5. The van der Waals surface area contributed by atoms with E-state index in [0.717, 1.165) is 18.5 Å². The molecule has 2 heterocycles. The zero-order valence-corrected chi connectivity index (χ0v) is 10.6. The second-order valence-electron chi connectivity index (χ2n) is 4.86. The fourth-order valence-corrected chi connectivity index (χ4v) is 2.36. The molecule has 0 atom stereocenters. The van der Waals surface area contributed by atoms with Gasteiger partial charge in [0, 0.05) is 30.7 Å². The number of carbonyl (C=O) groups is 1. The maximum absolute atomic E-state index is 11.2. The van der Waals surface area contributed by atoms with Crippen molar-refractivity contribution in [3.8, 4) is 0 Å². The second kappa shape index (κ2) is 5.30. The number of pyridine rings is 1. The molecule has 98 valence electrons. The van der Waals surface area contributed by atoms with Gasteiger partial charge in [0.25, 0.3) is 0 Å². The summed E-state index contributed by atoms with van der Waals surface area (Å²) in [6.45, 7) is 0. The summed E-state index contributed by atoms with van der Waals surface area (Å²) in [6.07, 6.45) is 5.23.